The normalized spacial score (nSPS) is 12.0. The van der Waals surface area contributed by atoms with Crippen LogP contribution in [0.15, 0.2) is 30.3 Å². The number of hydrogen-bond donors (Lipinski definition) is 1. The molecule has 1 aromatic rings. The number of carbonyl (C=O) groups excluding carboxylic acids is 2. The molecule has 0 spiro atoms. The van der Waals surface area contributed by atoms with Gasteiger partial charge < -0.3 is 14.8 Å². The molecule has 1 aromatic carbocycles. The van der Waals surface area contributed by atoms with E-state index in [1.54, 1.807) is 6.08 Å². The van der Waals surface area contributed by atoms with Crippen LogP contribution in [0, 0.1) is 0 Å². The van der Waals surface area contributed by atoms with Gasteiger partial charge in [0, 0.05) is 12.1 Å². The predicted octanol–water partition coefficient (Wildman–Crippen LogP) is 2.95. The van der Waals surface area contributed by atoms with Crippen molar-refractivity contribution in [3.8, 4) is 5.75 Å². The van der Waals surface area contributed by atoms with Gasteiger partial charge in [-0.2, -0.15) is 0 Å². The maximum Gasteiger partial charge on any atom is 0.331 e. The Balaban J connectivity index is 2.36. The number of carbonyl (C=O) groups is 2. The van der Waals surface area contributed by atoms with Crippen molar-refractivity contribution in [3.05, 3.63) is 35.9 Å². The van der Waals surface area contributed by atoms with Crippen molar-refractivity contribution in [2.24, 2.45) is 0 Å². The average molecular weight is 319 g/mol. The van der Waals surface area contributed by atoms with Crippen LogP contribution >= 0.6 is 0 Å². The first kappa shape index (κ1) is 18.7. The Hall–Kier alpha value is -2.30. The van der Waals surface area contributed by atoms with Crippen molar-refractivity contribution in [1.82, 2.24) is 5.32 Å². The van der Waals surface area contributed by atoms with Crippen molar-refractivity contribution in [2.45, 2.75) is 39.7 Å². The van der Waals surface area contributed by atoms with Crippen LogP contribution in [0.4, 0.5) is 0 Å². The number of esters is 1. The monoisotopic (exact) mass is 319 g/mol. The minimum atomic E-state index is -0.544. The highest BCUT2D eigenvalue weighted by Crippen LogP contribution is 2.13. The van der Waals surface area contributed by atoms with Crippen LogP contribution < -0.4 is 10.1 Å². The second-order valence-corrected chi connectivity index (χ2v) is 5.20. The molecule has 1 atom stereocenters. The highest BCUT2D eigenvalue weighted by atomic mass is 16.5. The van der Waals surface area contributed by atoms with Crippen molar-refractivity contribution in [1.29, 1.82) is 0 Å². The Kier molecular flexibility index (Phi) is 8.50. The molecule has 0 bridgehead atoms. The largest absolute Gasteiger partial charge is 0.494 e. The molecule has 0 aliphatic carbocycles. The molecule has 0 saturated carbocycles. The summed E-state index contributed by atoms with van der Waals surface area (Å²) in [4.78, 5) is 23.2. The Bertz CT molecular complexity index is 522. The maximum absolute atomic E-state index is 11.6. The van der Waals surface area contributed by atoms with Gasteiger partial charge in [-0.1, -0.05) is 25.5 Å². The van der Waals surface area contributed by atoms with Crippen molar-refractivity contribution in [3.63, 3.8) is 0 Å². The highest BCUT2D eigenvalue weighted by Gasteiger charge is 2.08. The first-order valence-corrected chi connectivity index (χ1v) is 7.92. The second-order valence-electron chi connectivity index (χ2n) is 5.20. The fraction of sp³-hybridized carbons (Fsp3) is 0.444. The number of benzene rings is 1. The summed E-state index contributed by atoms with van der Waals surface area (Å²) in [6.45, 7) is 6.24. The van der Waals surface area contributed by atoms with Crippen LogP contribution in [0.5, 0.6) is 5.75 Å². The summed E-state index contributed by atoms with van der Waals surface area (Å²) in [6, 6.07) is 7.43. The van der Waals surface area contributed by atoms with Gasteiger partial charge in [0.05, 0.1) is 6.61 Å². The molecule has 0 aliphatic heterocycles. The summed E-state index contributed by atoms with van der Waals surface area (Å²) < 4.78 is 10.2. The molecule has 0 radical (unpaired) electrons. The van der Waals surface area contributed by atoms with E-state index in [4.69, 9.17) is 9.47 Å². The summed E-state index contributed by atoms with van der Waals surface area (Å²) in [7, 11) is 0. The van der Waals surface area contributed by atoms with Gasteiger partial charge in [0.2, 0.25) is 0 Å². The molecule has 0 fully saturated rings. The van der Waals surface area contributed by atoms with Crippen LogP contribution in [-0.4, -0.2) is 31.1 Å². The lowest BCUT2D eigenvalue weighted by atomic mass is 10.2. The van der Waals surface area contributed by atoms with E-state index in [1.165, 1.54) is 6.08 Å². The standard InChI is InChI=1S/C18H25NO4/c1-4-6-14(3)19-17(20)13-23-18(21)12-9-15-7-10-16(11-8-15)22-5-2/h7-12,14H,4-6,13H2,1-3H3,(H,19,20)/b12-9+/t14-/m1/s1. The highest BCUT2D eigenvalue weighted by molar-refractivity contribution is 5.89. The number of ether oxygens (including phenoxy) is 2. The molecule has 126 valence electrons. The fourth-order valence-electron chi connectivity index (χ4n) is 2.01. The molecule has 5 heteroatoms. The Morgan fingerprint density at radius 3 is 2.52 bits per heavy atom. The van der Waals surface area contributed by atoms with Gasteiger partial charge in [-0.25, -0.2) is 4.79 Å². The Morgan fingerprint density at radius 1 is 1.22 bits per heavy atom. The first-order valence-electron chi connectivity index (χ1n) is 7.92. The van der Waals surface area contributed by atoms with Crippen LogP contribution in [-0.2, 0) is 14.3 Å². The topological polar surface area (TPSA) is 64.6 Å². The van der Waals surface area contributed by atoms with Gasteiger partial charge in [0.1, 0.15) is 5.75 Å². The molecule has 5 nitrogen and oxygen atoms in total. The van der Waals surface area contributed by atoms with Gasteiger partial charge in [-0.3, -0.25) is 4.79 Å². The van der Waals surface area contributed by atoms with E-state index >= 15 is 0 Å². The molecule has 1 rings (SSSR count). The third kappa shape index (κ3) is 8.04. The van der Waals surface area contributed by atoms with E-state index in [9.17, 15) is 9.59 Å². The smallest absolute Gasteiger partial charge is 0.331 e. The summed E-state index contributed by atoms with van der Waals surface area (Å²) in [5.74, 6) is -0.0453. The van der Waals surface area contributed by atoms with Crippen molar-refractivity contribution < 1.29 is 19.1 Å². The van der Waals surface area contributed by atoms with Gasteiger partial charge >= 0.3 is 5.97 Å². The summed E-state index contributed by atoms with van der Waals surface area (Å²) in [6.07, 6.45) is 4.83. The molecule has 1 N–H and O–H groups in total. The lowest BCUT2D eigenvalue weighted by Crippen LogP contribution is -2.35. The lowest BCUT2D eigenvalue weighted by molar-refractivity contribution is -0.144. The van der Waals surface area contributed by atoms with E-state index in [-0.39, 0.29) is 18.6 Å². The van der Waals surface area contributed by atoms with E-state index < -0.39 is 5.97 Å². The molecule has 0 saturated heterocycles. The fourth-order valence-corrected chi connectivity index (χ4v) is 2.01. The molecule has 0 unspecified atom stereocenters. The number of hydrogen-bond acceptors (Lipinski definition) is 4. The third-order valence-electron chi connectivity index (χ3n) is 3.08. The number of rotatable bonds is 9. The zero-order valence-electron chi connectivity index (χ0n) is 14.0. The second kappa shape index (κ2) is 10.4. The van der Waals surface area contributed by atoms with Crippen LogP contribution in [0.25, 0.3) is 6.08 Å². The van der Waals surface area contributed by atoms with Gasteiger partial charge in [-0.05, 0) is 44.0 Å². The van der Waals surface area contributed by atoms with Crippen LogP contribution in [0.3, 0.4) is 0 Å². The Morgan fingerprint density at radius 2 is 1.91 bits per heavy atom. The van der Waals surface area contributed by atoms with Crippen molar-refractivity contribution in [2.75, 3.05) is 13.2 Å². The molecule has 1 amide bonds. The van der Waals surface area contributed by atoms with Gasteiger partial charge in [-0.15, -0.1) is 0 Å². The lowest BCUT2D eigenvalue weighted by Gasteiger charge is -2.12. The molecule has 0 aliphatic rings. The van der Waals surface area contributed by atoms with E-state index in [2.05, 4.69) is 5.32 Å². The maximum atomic E-state index is 11.6. The SMILES string of the molecule is CCC[C@@H](C)NC(=O)COC(=O)/C=C/c1ccc(OCC)cc1. The predicted molar refractivity (Wildman–Crippen MR) is 90.1 cm³/mol. The van der Waals surface area contributed by atoms with Crippen LogP contribution in [0.1, 0.15) is 39.2 Å². The number of amides is 1. The third-order valence-corrected chi connectivity index (χ3v) is 3.08. The number of nitrogens with one attached hydrogen (secondary N) is 1. The summed E-state index contributed by atoms with van der Waals surface area (Å²) >= 11 is 0. The molecule has 0 heterocycles. The van der Waals surface area contributed by atoms with E-state index in [0.717, 1.165) is 24.2 Å². The molecular formula is C18H25NO4. The zero-order chi connectivity index (χ0) is 17.1. The molecular weight excluding hydrogens is 294 g/mol. The van der Waals surface area contributed by atoms with Gasteiger partial charge in [0.25, 0.3) is 5.91 Å². The Labute approximate surface area is 137 Å². The molecule has 23 heavy (non-hydrogen) atoms. The molecule has 0 aromatic heterocycles. The van der Waals surface area contributed by atoms with Crippen LogP contribution in [0.2, 0.25) is 0 Å². The minimum Gasteiger partial charge on any atom is -0.494 e. The summed E-state index contributed by atoms with van der Waals surface area (Å²) in [5.41, 5.74) is 0.853. The van der Waals surface area contributed by atoms with E-state index in [1.807, 2.05) is 45.0 Å². The zero-order valence-corrected chi connectivity index (χ0v) is 14.0. The van der Waals surface area contributed by atoms with Gasteiger partial charge in [0.15, 0.2) is 6.61 Å². The van der Waals surface area contributed by atoms with Crippen molar-refractivity contribution >= 4 is 18.0 Å². The van der Waals surface area contributed by atoms with E-state index in [0.29, 0.717) is 6.61 Å². The summed E-state index contributed by atoms with van der Waals surface area (Å²) in [5, 5.41) is 2.77. The first-order chi connectivity index (χ1) is 11.0. The quantitative estimate of drug-likeness (QED) is 0.561. The average Bonchev–Trinajstić information content (AvgIpc) is 2.52. The minimum absolute atomic E-state index is 0.0885.